The smallest absolute Gasteiger partial charge is 0.248 e. The van der Waals surface area contributed by atoms with Crippen LogP contribution in [0.4, 0.5) is 11.5 Å². The average molecular weight is 299 g/mol. The fourth-order valence-corrected chi connectivity index (χ4v) is 1.88. The van der Waals surface area contributed by atoms with E-state index in [0.717, 1.165) is 16.7 Å². The van der Waals surface area contributed by atoms with Crippen LogP contribution in [-0.2, 0) is 21.4 Å². The normalized spacial score (nSPS) is 11.3. The number of amides is 1. The molecule has 0 fully saturated rings. The molecule has 0 spiro atoms. The lowest BCUT2D eigenvalue weighted by Gasteiger charge is -2.02. The third kappa shape index (κ3) is 3.78. The number of carbonyl (C=O) groups is 1. The predicted octanol–water partition coefficient (Wildman–Crippen LogP) is -0.680. The lowest BCUT2D eigenvalue weighted by Crippen LogP contribution is -2.20. The first-order chi connectivity index (χ1) is 9.33. The highest BCUT2D eigenvalue weighted by Gasteiger charge is 2.10. The summed E-state index contributed by atoms with van der Waals surface area (Å²) in [6, 6.07) is 0. The standard InChI is InChI=1S/C9H13N7O3S/c1-6-7(3-10-13-6)12-9(17)5-16-11-4-8(14-16)15-20(2,18)19/h3-4H,5H2,1-2H3,(H,10,13)(H,12,17)(H,14,15). The number of aromatic amines is 1. The number of sulfonamides is 1. The van der Waals surface area contributed by atoms with Crippen molar-refractivity contribution < 1.29 is 13.2 Å². The third-order valence-corrected chi connectivity index (χ3v) is 2.80. The van der Waals surface area contributed by atoms with Crippen LogP contribution >= 0.6 is 0 Å². The highest BCUT2D eigenvalue weighted by Crippen LogP contribution is 2.09. The molecule has 20 heavy (non-hydrogen) atoms. The zero-order valence-electron chi connectivity index (χ0n) is 10.8. The van der Waals surface area contributed by atoms with Gasteiger partial charge in [0.15, 0.2) is 5.82 Å². The molecule has 0 aliphatic heterocycles. The lowest BCUT2D eigenvalue weighted by atomic mass is 10.4. The molecular formula is C9H13N7O3S. The Balaban J connectivity index is 1.97. The molecule has 11 heteroatoms. The van der Waals surface area contributed by atoms with Crippen LogP contribution in [0.1, 0.15) is 5.69 Å². The molecule has 3 N–H and O–H groups in total. The zero-order chi connectivity index (χ0) is 14.8. The molecule has 0 aliphatic carbocycles. The minimum atomic E-state index is -3.42. The van der Waals surface area contributed by atoms with Gasteiger partial charge in [-0.15, -0.1) is 5.10 Å². The Labute approximate surface area is 114 Å². The van der Waals surface area contributed by atoms with Crippen LogP contribution in [-0.4, -0.2) is 45.8 Å². The zero-order valence-corrected chi connectivity index (χ0v) is 11.6. The summed E-state index contributed by atoms with van der Waals surface area (Å²) in [6.45, 7) is 1.62. The van der Waals surface area contributed by atoms with E-state index in [2.05, 4.69) is 30.4 Å². The monoisotopic (exact) mass is 299 g/mol. The fraction of sp³-hybridized carbons (Fsp3) is 0.333. The number of H-pyrrole nitrogens is 1. The lowest BCUT2D eigenvalue weighted by molar-refractivity contribution is -0.117. The van der Waals surface area contributed by atoms with Gasteiger partial charge in [0.2, 0.25) is 15.9 Å². The van der Waals surface area contributed by atoms with Crippen LogP contribution in [0, 0.1) is 6.92 Å². The highest BCUT2D eigenvalue weighted by molar-refractivity contribution is 7.92. The van der Waals surface area contributed by atoms with Crippen LogP contribution in [0.25, 0.3) is 0 Å². The highest BCUT2D eigenvalue weighted by atomic mass is 32.2. The molecule has 2 rings (SSSR count). The second-order valence-corrected chi connectivity index (χ2v) is 5.84. The Bertz CT molecular complexity index is 717. The van der Waals surface area contributed by atoms with E-state index < -0.39 is 10.0 Å². The van der Waals surface area contributed by atoms with E-state index in [1.165, 1.54) is 12.4 Å². The Morgan fingerprint density at radius 1 is 1.45 bits per heavy atom. The van der Waals surface area contributed by atoms with Crippen molar-refractivity contribution in [1.82, 2.24) is 25.2 Å². The van der Waals surface area contributed by atoms with Crippen molar-refractivity contribution in [2.75, 3.05) is 16.3 Å². The maximum Gasteiger partial charge on any atom is 0.248 e. The third-order valence-electron chi connectivity index (χ3n) is 2.22. The van der Waals surface area contributed by atoms with E-state index in [1.54, 1.807) is 6.92 Å². The molecule has 10 nitrogen and oxygen atoms in total. The van der Waals surface area contributed by atoms with Crippen molar-refractivity contribution in [3.05, 3.63) is 18.1 Å². The van der Waals surface area contributed by atoms with Crippen molar-refractivity contribution >= 4 is 27.4 Å². The molecule has 2 aromatic heterocycles. The van der Waals surface area contributed by atoms with E-state index in [0.29, 0.717) is 5.69 Å². The summed E-state index contributed by atoms with van der Waals surface area (Å²) in [5.74, 6) is -0.296. The number of hydrogen-bond donors (Lipinski definition) is 3. The topological polar surface area (TPSA) is 135 Å². The van der Waals surface area contributed by atoms with Crippen LogP contribution < -0.4 is 10.0 Å². The van der Waals surface area contributed by atoms with Gasteiger partial charge in [-0.05, 0) is 6.92 Å². The van der Waals surface area contributed by atoms with Gasteiger partial charge >= 0.3 is 0 Å². The first kappa shape index (κ1) is 14.0. The largest absolute Gasteiger partial charge is 0.322 e. The molecule has 0 bridgehead atoms. The number of rotatable bonds is 5. The Morgan fingerprint density at radius 3 is 2.80 bits per heavy atom. The molecule has 0 saturated heterocycles. The summed E-state index contributed by atoms with van der Waals surface area (Å²) < 4.78 is 24.2. The molecule has 0 unspecified atom stereocenters. The number of aryl methyl sites for hydroxylation is 1. The summed E-state index contributed by atoms with van der Waals surface area (Å²) >= 11 is 0. The summed E-state index contributed by atoms with van der Waals surface area (Å²) in [7, 11) is -3.42. The molecule has 1 amide bonds. The van der Waals surface area contributed by atoms with Crippen molar-refractivity contribution in [3.8, 4) is 0 Å². The van der Waals surface area contributed by atoms with E-state index in [-0.39, 0.29) is 18.3 Å². The first-order valence-electron chi connectivity index (χ1n) is 5.51. The van der Waals surface area contributed by atoms with Gasteiger partial charge in [0.1, 0.15) is 6.54 Å². The van der Waals surface area contributed by atoms with Gasteiger partial charge in [0.25, 0.3) is 0 Å². The number of anilines is 2. The summed E-state index contributed by atoms with van der Waals surface area (Å²) in [5.41, 5.74) is 1.29. The predicted molar refractivity (Wildman–Crippen MR) is 70.4 cm³/mol. The van der Waals surface area contributed by atoms with Crippen LogP contribution in [0.3, 0.4) is 0 Å². The minimum absolute atomic E-state index is 0.0554. The number of carbonyl (C=O) groups excluding carboxylic acids is 1. The van der Waals surface area contributed by atoms with Gasteiger partial charge in [0, 0.05) is 0 Å². The molecule has 2 heterocycles. The maximum absolute atomic E-state index is 11.7. The fourth-order valence-electron chi connectivity index (χ4n) is 1.41. The van der Waals surface area contributed by atoms with Gasteiger partial charge in [-0.25, -0.2) is 8.42 Å². The molecular weight excluding hydrogens is 286 g/mol. The van der Waals surface area contributed by atoms with E-state index in [9.17, 15) is 13.2 Å². The van der Waals surface area contributed by atoms with Crippen LogP contribution in [0.15, 0.2) is 12.4 Å². The van der Waals surface area contributed by atoms with Gasteiger partial charge in [-0.2, -0.15) is 15.0 Å². The number of nitrogens with zero attached hydrogens (tertiary/aromatic N) is 4. The van der Waals surface area contributed by atoms with E-state index in [4.69, 9.17) is 0 Å². The number of hydrogen-bond acceptors (Lipinski definition) is 6. The van der Waals surface area contributed by atoms with Crippen LogP contribution in [0.5, 0.6) is 0 Å². The van der Waals surface area contributed by atoms with Gasteiger partial charge < -0.3 is 5.32 Å². The summed E-state index contributed by atoms with van der Waals surface area (Å²) in [6.07, 6.45) is 3.71. The Kier molecular flexibility index (Phi) is 3.70. The average Bonchev–Trinajstić information content (AvgIpc) is 2.87. The molecule has 2 aromatic rings. The molecule has 0 atom stereocenters. The van der Waals surface area contributed by atoms with Crippen molar-refractivity contribution in [3.63, 3.8) is 0 Å². The van der Waals surface area contributed by atoms with Crippen molar-refractivity contribution in [2.24, 2.45) is 0 Å². The van der Waals surface area contributed by atoms with Gasteiger partial charge in [0.05, 0.1) is 30.0 Å². The molecule has 0 saturated carbocycles. The van der Waals surface area contributed by atoms with Crippen molar-refractivity contribution in [1.29, 1.82) is 0 Å². The van der Waals surface area contributed by atoms with E-state index >= 15 is 0 Å². The first-order valence-corrected chi connectivity index (χ1v) is 7.40. The Morgan fingerprint density at radius 2 is 2.20 bits per heavy atom. The Hall–Kier alpha value is -2.43. The number of aromatic nitrogens is 5. The minimum Gasteiger partial charge on any atom is -0.322 e. The second kappa shape index (κ2) is 5.28. The molecule has 0 aromatic carbocycles. The van der Waals surface area contributed by atoms with Gasteiger partial charge in [-0.1, -0.05) is 0 Å². The summed E-state index contributed by atoms with van der Waals surface area (Å²) in [5, 5.41) is 16.7. The SMILES string of the molecule is Cc1[nH]ncc1NC(=O)Cn1ncc(NS(C)(=O)=O)n1. The van der Waals surface area contributed by atoms with Crippen LogP contribution in [0.2, 0.25) is 0 Å². The molecule has 108 valence electrons. The second-order valence-electron chi connectivity index (χ2n) is 4.09. The molecule has 0 aliphatic rings. The maximum atomic E-state index is 11.7. The quantitative estimate of drug-likeness (QED) is 0.669. The molecule has 0 radical (unpaired) electrons. The summed E-state index contributed by atoms with van der Waals surface area (Å²) in [4.78, 5) is 12.8. The number of nitrogens with one attached hydrogen (secondary N) is 3. The van der Waals surface area contributed by atoms with E-state index in [1.807, 2.05) is 0 Å². The van der Waals surface area contributed by atoms with Crippen molar-refractivity contribution in [2.45, 2.75) is 13.5 Å². The van der Waals surface area contributed by atoms with Gasteiger partial charge in [-0.3, -0.25) is 14.6 Å².